The summed E-state index contributed by atoms with van der Waals surface area (Å²) in [5.41, 5.74) is -0.0884. The quantitative estimate of drug-likeness (QED) is 0.885. The summed E-state index contributed by atoms with van der Waals surface area (Å²) < 4.78 is 10.7. The van der Waals surface area contributed by atoms with Gasteiger partial charge in [-0.3, -0.25) is 4.79 Å². The zero-order chi connectivity index (χ0) is 18.7. The minimum Gasteiger partial charge on any atom is -0.478 e. The molecule has 1 N–H and O–H groups in total. The number of ether oxygens (including phenoxy) is 1. The second-order valence-corrected chi connectivity index (χ2v) is 7.03. The van der Waals surface area contributed by atoms with E-state index in [1.54, 1.807) is 24.3 Å². The number of carboxylic acid groups (broad SMARTS) is 1. The highest BCUT2D eigenvalue weighted by Crippen LogP contribution is 2.30. The maximum Gasteiger partial charge on any atom is 0.347 e. The first kappa shape index (κ1) is 18.0. The van der Waals surface area contributed by atoms with Crippen molar-refractivity contribution in [2.75, 3.05) is 13.1 Å². The van der Waals surface area contributed by atoms with Gasteiger partial charge in [-0.05, 0) is 62.4 Å². The molecule has 1 saturated heterocycles. The Kier molecular flexibility index (Phi) is 5.02. The van der Waals surface area contributed by atoms with Crippen molar-refractivity contribution in [2.45, 2.75) is 38.2 Å². The predicted octanol–water partition coefficient (Wildman–Crippen LogP) is 3.54. The largest absolute Gasteiger partial charge is 0.478 e. The lowest BCUT2D eigenvalue weighted by molar-refractivity contribution is -0.152. The average Bonchev–Trinajstić information content (AvgIpc) is 3.16. The van der Waals surface area contributed by atoms with Crippen LogP contribution in [0.5, 0.6) is 5.75 Å². The van der Waals surface area contributed by atoms with Crippen molar-refractivity contribution in [3.63, 3.8) is 0 Å². The van der Waals surface area contributed by atoms with E-state index in [9.17, 15) is 9.59 Å². The lowest BCUT2D eigenvalue weighted by Gasteiger charge is -2.31. The Labute approximate surface area is 152 Å². The third-order valence-corrected chi connectivity index (χ3v) is 4.75. The molecule has 0 aliphatic carbocycles. The molecule has 3 rings (SSSR count). The van der Waals surface area contributed by atoms with Gasteiger partial charge in [-0.2, -0.15) is 0 Å². The van der Waals surface area contributed by atoms with E-state index in [0.717, 1.165) is 12.8 Å². The molecule has 6 nitrogen and oxygen atoms in total. The summed E-state index contributed by atoms with van der Waals surface area (Å²) in [6.45, 7) is 4.42. The molecule has 2 aromatic rings. The van der Waals surface area contributed by atoms with Crippen LogP contribution >= 0.6 is 0 Å². The fourth-order valence-electron chi connectivity index (χ4n) is 3.12. The Morgan fingerprint density at radius 1 is 1.15 bits per heavy atom. The first-order valence-corrected chi connectivity index (χ1v) is 8.72. The fourth-order valence-corrected chi connectivity index (χ4v) is 3.12. The summed E-state index contributed by atoms with van der Waals surface area (Å²) in [6, 6.07) is 11.0. The molecule has 1 aliphatic heterocycles. The minimum absolute atomic E-state index is 0.0619. The van der Waals surface area contributed by atoms with Gasteiger partial charge in [-0.1, -0.05) is 12.1 Å². The molecule has 1 aliphatic rings. The van der Waals surface area contributed by atoms with E-state index in [4.69, 9.17) is 14.3 Å². The van der Waals surface area contributed by atoms with E-state index >= 15 is 0 Å². The van der Waals surface area contributed by atoms with Crippen molar-refractivity contribution in [3.05, 3.63) is 54.0 Å². The van der Waals surface area contributed by atoms with Gasteiger partial charge in [-0.25, -0.2) is 4.79 Å². The Hall–Kier alpha value is -2.76. The standard InChI is InChI=1S/C20H23NO5/c1-20(2,19(23)24)26-16-7-5-14(6-8-16)15-9-11-21(12-10-15)18(22)17-4-3-13-25-17/h3-8,13,15H,9-12H2,1-2H3,(H,23,24). The van der Waals surface area contributed by atoms with Crippen LogP contribution in [0.15, 0.2) is 47.1 Å². The molecule has 0 saturated carbocycles. The minimum atomic E-state index is -1.26. The number of amides is 1. The van der Waals surface area contributed by atoms with E-state index in [0.29, 0.717) is 30.5 Å². The molecular weight excluding hydrogens is 334 g/mol. The number of furan rings is 1. The summed E-state index contributed by atoms with van der Waals surface area (Å²) in [7, 11) is 0. The third-order valence-electron chi connectivity index (χ3n) is 4.75. The molecule has 1 aromatic carbocycles. The SMILES string of the molecule is CC(C)(Oc1ccc(C2CCN(C(=O)c3ccco3)CC2)cc1)C(=O)O. The number of likely N-dealkylation sites (tertiary alicyclic amines) is 1. The predicted molar refractivity (Wildman–Crippen MR) is 95.4 cm³/mol. The summed E-state index contributed by atoms with van der Waals surface area (Å²) in [4.78, 5) is 25.3. The molecule has 0 radical (unpaired) electrons. The summed E-state index contributed by atoms with van der Waals surface area (Å²) in [5, 5.41) is 9.14. The van der Waals surface area contributed by atoms with Gasteiger partial charge in [0.15, 0.2) is 11.4 Å². The maximum atomic E-state index is 12.3. The molecule has 0 spiro atoms. The average molecular weight is 357 g/mol. The number of piperidine rings is 1. The Bertz CT molecular complexity index is 756. The summed E-state index contributed by atoms with van der Waals surface area (Å²) in [5.74, 6) is 0.220. The molecule has 0 unspecified atom stereocenters. The van der Waals surface area contributed by atoms with Crippen molar-refractivity contribution < 1.29 is 23.8 Å². The normalized spacial score (nSPS) is 15.7. The topological polar surface area (TPSA) is 80.0 Å². The first-order chi connectivity index (χ1) is 12.4. The molecule has 0 bridgehead atoms. The van der Waals surface area contributed by atoms with Crippen LogP contribution in [0.3, 0.4) is 0 Å². The lowest BCUT2D eigenvalue weighted by atomic mass is 9.89. The lowest BCUT2D eigenvalue weighted by Crippen LogP contribution is -2.38. The molecule has 26 heavy (non-hydrogen) atoms. The maximum absolute atomic E-state index is 12.3. The van der Waals surface area contributed by atoms with Gasteiger partial charge in [0, 0.05) is 13.1 Å². The van der Waals surface area contributed by atoms with Gasteiger partial charge < -0.3 is 19.2 Å². The second-order valence-electron chi connectivity index (χ2n) is 7.03. The molecule has 2 heterocycles. The van der Waals surface area contributed by atoms with Gasteiger partial charge in [0.25, 0.3) is 5.91 Å². The molecular formula is C20H23NO5. The highest BCUT2D eigenvalue weighted by Gasteiger charge is 2.30. The van der Waals surface area contributed by atoms with Gasteiger partial charge in [0.05, 0.1) is 6.26 Å². The van der Waals surface area contributed by atoms with Crippen molar-refractivity contribution in [1.29, 1.82) is 0 Å². The zero-order valence-electron chi connectivity index (χ0n) is 15.0. The summed E-state index contributed by atoms with van der Waals surface area (Å²) >= 11 is 0. The fraction of sp³-hybridized carbons (Fsp3) is 0.400. The molecule has 1 amide bonds. The Morgan fingerprint density at radius 2 is 1.81 bits per heavy atom. The summed E-state index contributed by atoms with van der Waals surface area (Å²) in [6.07, 6.45) is 3.27. The van der Waals surface area contributed by atoms with Crippen LogP contribution in [0.1, 0.15) is 48.7 Å². The Balaban J connectivity index is 1.58. The van der Waals surface area contributed by atoms with E-state index in [1.807, 2.05) is 17.0 Å². The molecule has 1 fully saturated rings. The molecule has 6 heteroatoms. The zero-order valence-corrected chi connectivity index (χ0v) is 15.0. The number of nitrogens with zero attached hydrogens (tertiary/aromatic N) is 1. The van der Waals surface area contributed by atoms with Crippen molar-refractivity contribution in [2.24, 2.45) is 0 Å². The van der Waals surface area contributed by atoms with Gasteiger partial charge in [0.1, 0.15) is 5.75 Å². The van der Waals surface area contributed by atoms with E-state index in [2.05, 4.69) is 0 Å². The number of carbonyl (C=O) groups excluding carboxylic acids is 1. The number of benzene rings is 1. The van der Waals surface area contributed by atoms with Crippen LogP contribution < -0.4 is 4.74 Å². The second kappa shape index (κ2) is 7.23. The first-order valence-electron chi connectivity index (χ1n) is 8.72. The number of hydrogen-bond donors (Lipinski definition) is 1. The van der Waals surface area contributed by atoms with Crippen LogP contribution in [0, 0.1) is 0 Å². The van der Waals surface area contributed by atoms with Crippen LogP contribution in [0.25, 0.3) is 0 Å². The molecule has 138 valence electrons. The van der Waals surface area contributed by atoms with Gasteiger partial charge >= 0.3 is 5.97 Å². The van der Waals surface area contributed by atoms with Gasteiger partial charge in [-0.15, -0.1) is 0 Å². The van der Waals surface area contributed by atoms with Crippen LogP contribution in [-0.4, -0.2) is 40.6 Å². The third kappa shape index (κ3) is 3.90. The number of aliphatic carboxylic acids is 1. The van der Waals surface area contributed by atoms with Crippen molar-refractivity contribution in [3.8, 4) is 5.75 Å². The monoisotopic (exact) mass is 357 g/mol. The molecule has 1 aromatic heterocycles. The highest BCUT2D eigenvalue weighted by atomic mass is 16.5. The molecule has 0 atom stereocenters. The smallest absolute Gasteiger partial charge is 0.347 e. The van der Waals surface area contributed by atoms with Crippen molar-refractivity contribution >= 4 is 11.9 Å². The number of carbonyl (C=O) groups is 2. The number of hydrogen-bond acceptors (Lipinski definition) is 4. The van der Waals surface area contributed by atoms with E-state index < -0.39 is 11.6 Å². The van der Waals surface area contributed by atoms with Crippen molar-refractivity contribution in [1.82, 2.24) is 4.90 Å². The Morgan fingerprint density at radius 3 is 2.35 bits per heavy atom. The van der Waals surface area contributed by atoms with E-state index in [-0.39, 0.29) is 5.91 Å². The van der Waals surface area contributed by atoms with Crippen LogP contribution in [-0.2, 0) is 4.79 Å². The van der Waals surface area contributed by atoms with Crippen LogP contribution in [0.4, 0.5) is 0 Å². The van der Waals surface area contributed by atoms with Crippen LogP contribution in [0.2, 0.25) is 0 Å². The number of rotatable bonds is 5. The number of carboxylic acids is 1. The van der Waals surface area contributed by atoms with Gasteiger partial charge in [0.2, 0.25) is 0 Å². The van der Waals surface area contributed by atoms with E-state index in [1.165, 1.54) is 25.7 Å². The highest BCUT2D eigenvalue weighted by molar-refractivity contribution is 5.91.